The molecule has 0 saturated carbocycles. The zero-order valence-electron chi connectivity index (χ0n) is 11.1. The normalized spacial score (nSPS) is 23.1. The molecule has 0 aliphatic carbocycles. The number of fused-ring (bicyclic) bond motifs is 1. The number of carbonyl (C=O) groups is 1. The molecule has 2 atom stereocenters. The maximum Gasteiger partial charge on any atom is 0.205 e. The van der Waals surface area contributed by atoms with Crippen molar-refractivity contribution in [3.8, 4) is 0 Å². The Bertz CT molecular complexity index is 617. The standard InChI is InChI=1S/C15H17NO3/c1-9-3-4-13-10(5-9)6-14(19-13)15(17)11-7-18-8-12(11)16-2/h3-6,11-12,16H,7-8H2,1-2H3. The van der Waals surface area contributed by atoms with Crippen molar-refractivity contribution in [1.82, 2.24) is 5.32 Å². The lowest BCUT2D eigenvalue weighted by Gasteiger charge is -2.13. The number of benzene rings is 1. The number of Topliss-reactive ketones (excluding diaryl/α,β-unsaturated/α-hetero) is 1. The van der Waals surface area contributed by atoms with E-state index in [4.69, 9.17) is 9.15 Å². The number of hydrogen-bond acceptors (Lipinski definition) is 4. The highest BCUT2D eigenvalue weighted by molar-refractivity contribution is 5.99. The van der Waals surface area contributed by atoms with E-state index in [1.165, 1.54) is 0 Å². The molecule has 4 heteroatoms. The number of ketones is 1. The van der Waals surface area contributed by atoms with Crippen LogP contribution in [0.1, 0.15) is 16.1 Å². The molecule has 2 unspecified atom stereocenters. The van der Waals surface area contributed by atoms with Crippen LogP contribution in [0.15, 0.2) is 28.7 Å². The topological polar surface area (TPSA) is 51.5 Å². The predicted octanol–water partition coefficient (Wildman–Crippen LogP) is 2.16. The lowest BCUT2D eigenvalue weighted by Crippen LogP contribution is -2.36. The summed E-state index contributed by atoms with van der Waals surface area (Å²) < 4.78 is 11.0. The van der Waals surface area contributed by atoms with Gasteiger partial charge in [-0.2, -0.15) is 0 Å². The fourth-order valence-corrected chi connectivity index (χ4v) is 2.56. The average Bonchev–Trinajstić information content (AvgIpc) is 3.03. The summed E-state index contributed by atoms with van der Waals surface area (Å²) in [5, 5.41) is 4.10. The highest BCUT2D eigenvalue weighted by Crippen LogP contribution is 2.25. The monoisotopic (exact) mass is 259 g/mol. The lowest BCUT2D eigenvalue weighted by molar-refractivity contribution is 0.0866. The fraction of sp³-hybridized carbons (Fsp3) is 0.400. The van der Waals surface area contributed by atoms with Crippen LogP contribution < -0.4 is 5.32 Å². The van der Waals surface area contributed by atoms with Crippen LogP contribution in [0, 0.1) is 12.8 Å². The van der Waals surface area contributed by atoms with E-state index in [1.807, 2.05) is 38.2 Å². The number of furan rings is 1. The second-order valence-corrected chi connectivity index (χ2v) is 5.06. The number of hydrogen-bond donors (Lipinski definition) is 1. The fourth-order valence-electron chi connectivity index (χ4n) is 2.56. The first kappa shape index (κ1) is 12.4. The second-order valence-electron chi connectivity index (χ2n) is 5.06. The van der Waals surface area contributed by atoms with Crippen molar-refractivity contribution >= 4 is 16.8 Å². The van der Waals surface area contributed by atoms with E-state index in [2.05, 4.69) is 5.32 Å². The molecule has 1 saturated heterocycles. The summed E-state index contributed by atoms with van der Waals surface area (Å²) in [7, 11) is 1.85. The van der Waals surface area contributed by atoms with Crippen molar-refractivity contribution < 1.29 is 13.9 Å². The van der Waals surface area contributed by atoms with Gasteiger partial charge in [0, 0.05) is 11.4 Å². The Balaban J connectivity index is 1.93. The number of likely N-dealkylation sites (N-methyl/N-ethyl adjacent to an activating group) is 1. The molecule has 0 amide bonds. The van der Waals surface area contributed by atoms with Crippen molar-refractivity contribution in [1.29, 1.82) is 0 Å². The van der Waals surface area contributed by atoms with Crippen LogP contribution in [0.2, 0.25) is 0 Å². The Kier molecular flexibility index (Phi) is 3.12. The molecule has 0 bridgehead atoms. The van der Waals surface area contributed by atoms with Crippen LogP contribution in [0.4, 0.5) is 0 Å². The minimum absolute atomic E-state index is 0.0192. The molecule has 0 spiro atoms. The Morgan fingerprint density at radius 2 is 2.16 bits per heavy atom. The zero-order chi connectivity index (χ0) is 13.4. The smallest absolute Gasteiger partial charge is 0.205 e. The van der Waals surface area contributed by atoms with E-state index in [0.29, 0.717) is 19.0 Å². The quantitative estimate of drug-likeness (QED) is 0.858. The van der Waals surface area contributed by atoms with Crippen LogP contribution in [-0.4, -0.2) is 32.1 Å². The Morgan fingerprint density at radius 1 is 1.32 bits per heavy atom. The first-order valence-electron chi connectivity index (χ1n) is 6.48. The number of ether oxygens (including phenoxy) is 1. The molecule has 2 aromatic rings. The second kappa shape index (κ2) is 4.79. The van der Waals surface area contributed by atoms with Crippen LogP contribution in [0.25, 0.3) is 11.0 Å². The molecule has 1 aliphatic heterocycles. The number of carbonyl (C=O) groups excluding carboxylic acids is 1. The summed E-state index contributed by atoms with van der Waals surface area (Å²) in [4.78, 5) is 12.5. The summed E-state index contributed by atoms with van der Waals surface area (Å²) in [6.45, 7) is 3.06. The van der Waals surface area contributed by atoms with Crippen molar-refractivity contribution in [2.75, 3.05) is 20.3 Å². The molecule has 100 valence electrons. The van der Waals surface area contributed by atoms with Gasteiger partial charge in [-0.3, -0.25) is 4.79 Å². The van der Waals surface area contributed by atoms with Gasteiger partial charge in [-0.1, -0.05) is 11.6 Å². The SMILES string of the molecule is CNC1COCC1C(=O)c1cc2cc(C)ccc2o1. The van der Waals surface area contributed by atoms with E-state index in [-0.39, 0.29) is 17.7 Å². The summed E-state index contributed by atoms with van der Waals surface area (Å²) in [5.41, 5.74) is 1.92. The third-order valence-electron chi connectivity index (χ3n) is 3.70. The van der Waals surface area contributed by atoms with E-state index >= 15 is 0 Å². The molecule has 1 aromatic carbocycles. The van der Waals surface area contributed by atoms with E-state index in [9.17, 15) is 4.79 Å². The van der Waals surface area contributed by atoms with Crippen molar-refractivity contribution in [2.45, 2.75) is 13.0 Å². The van der Waals surface area contributed by atoms with Gasteiger partial charge >= 0.3 is 0 Å². The van der Waals surface area contributed by atoms with E-state index in [1.54, 1.807) is 0 Å². The van der Waals surface area contributed by atoms with Gasteiger partial charge in [-0.25, -0.2) is 0 Å². The molecular formula is C15H17NO3. The molecule has 19 heavy (non-hydrogen) atoms. The van der Waals surface area contributed by atoms with Crippen LogP contribution in [-0.2, 0) is 4.74 Å². The van der Waals surface area contributed by atoms with Crippen molar-refractivity contribution in [2.24, 2.45) is 5.92 Å². The summed E-state index contributed by atoms with van der Waals surface area (Å²) in [5.74, 6) is 0.286. The van der Waals surface area contributed by atoms with Gasteiger partial charge < -0.3 is 14.5 Å². The van der Waals surface area contributed by atoms with Crippen LogP contribution in [0.3, 0.4) is 0 Å². The van der Waals surface area contributed by atoms with Gasteiger partial charge in [0.15, 0.2) is 5.76 Å². The van der Waals surface area contributed by atoms with Gasteiger partial charge in [0.25, 0.3) is 0 Å². The maximum absolute atomic E-state index is 12.5. The van der Waals surface area contributed by atoms with E-state index in [0.717, 1.165) is 16.5 Å². The van der Waals surface area contributed by atoms with Gasteiger partial charge in [0.2, 0.25) is 5.78 Å². The largest absolute Gasteiger partial charge is 0.453 e. The highest BCUT2D eigenvalue weighted by Gasteiger charge is 2.35. The molecule has 2 heterocycles. The molecule has 1 N–H and O–H groups in total. The Labute approximate surface area is 111 Å². The highest BCUT2D eigenvalue weighted by atomic mass is 16.5. The van der Waals surface area contributed by atoms with Crippen LogP contribution >= 0.6 is 0 Å². The molecule has 1 fully saturated rings. The first-order chi connectivity index (χ1) is 9.19. The number of nitrogens with one attached hydrogen (secondary N) is 1. The van der Waals surface area contributed by atoms with Gasteiger partial charge in [0.1, 0.15) is 5.58 Å². The molecule has 3 rings (SSSR count). The van der Waals surface area contributed by atoms with E-state index < -0.39 is 0 Å². The van der Waals surface area contributed by atoms with Gasteiger partial charge in [-0.15, -0.1) is 0 Å². The third-order valence-corrected chi connectivity index (χ3v) is 3.70. The summed E-state index contributed by atoms with van der Waals surface area (Å²) in [6.07, 6.45) is 0. The molecule has 0 radical (unpaired) electrons. The summed E-state index contributed by atoms with van der Waals surface area (Å²) >= 11 is 0. The third kappa shape index (κ3) is 2.17. The number of aryl methyl sites for hydroxylation is 1. The van der Waals surface area contributed by atoms with Gasteiger partial charge in [-0.05, 0) is 32.2 Å². The molecular weight excluding hydrogens is 242 g/mol. The first-order valence-corrected chi connectivity index (χ1v) is 6.48. The minimum Gasteiger partial charge on any atom is -0.453 e. The predicted molar refractivity (Wildman–Crippen MR) is 72.4 cm³/mol. The molecule has 1 aliphatic rings. The molecule has 4 nitrogen and oxygen atoms in total. The van der Waals surface area contributed by atoms with Crippen molar-refractivity contribution in [3.05, 3.63) is 35.6 Å². The van der Waals surface area contributed by atoms with Crippen LogP contribution in [0.5, 0.6) is 0 Å². The maximum atomic E-state index is 12.5. The lowest BCUT2D eigenvalue weighted by atomic mass is 9.97. The van der Waals surface area contributed by atoms with Crippen molar-refractivity contribution in [3.63, 3.8) is 0 Å². The average molecular weight is 259 g/mol. The summed E-state index contributed by atoms with van der Waals surface area (Å²) in [6, 6.07) is 7.81. The molecule has 1 aromatic heterocycles. The number of rotatable bonds is 3. The zero-order valence-corrected chi connectivity index (χ0v) is 11.1. The minimum atomic E-state index is -0.161. The Hall–Kier alpha value is -1.65. The Morgan fingerprint density at radius 3 is 2.95 bits per heavy atom. The van der Waals surface area contributed by atoms with Gasteiger partial charge in [0.05, 0.1) is 19.1 Å².